The van der Waals surface area contributed by atoms with Crippen LogP contribution >= 0.6 is 11.6 Å². The van der Waals surface area contributed by atoms with Crippen LogP contribution in [0.1, 0.15) is 46.3 Å². The highest BCUT2D eigenvalue weighted by atomic mass is 35.5. The Bertz CT molecular complexity index is 1220. The van der Waals surface area contributed by atoms with Gasteiger partial charge in [0.15, 0.2) is 0 Å². The highest BCUT2D eigenvalue weighted by Crippen LogP contribution is 2.36. The van der Waals surface area contributed by atoms with Crippen LogP contribution in [0.2, 0.25) is 5.02 Å². The molecule has 0 spiro atoms. The van der Waals surface area contributed by atoms with Crippen LogP contribution in [-0.4, -0.2) is 34.7 Å². The molecule has 2 heterocycles. The van der Waals surface area contributed by atoms with E-state index in [1.807, 2.05) is 0 Å². The van der Waals surface area contributed by atoms with Gasteiger partial charge >= 0.3 is 12.2 Å². The Morgan fingerprint density at radius 2 is 1.91 bits per heavy atom. The number of amides is 5. The molecule has 0 bridgehead atoms. The van der Waals surface area contributed by atoms with Crippen LogP contribution in [0.3, 0.4) is 0 Å². The van der Waals surface area contributed by atoms with Crippen LogP contribution < -0.4 is 16.0 Å². The van der Waals surface area contributed by atoms with Crippen molar-refractivity contribution >= 4 is 41.0 Å². The molecule has 3 N–H and O–H groups in total. The first-order chi connectivity index (χ1) is 16.5. The van der Waals surface area contributed by atoms with Gasteiger partial charge in [0.2, 0.25) is 11.8 Å². The number of imide groups is 1. The van der Waals surface area contributed by atoms with Crippen LogP contribution in [0.25, 0.3) is 0 Å². The topological polar surface area (TPSA) is 108 Å². The van der Waals surface area contributed by atoms with Gasteiger partial charge in [-0.25, -0.2) is 4.79 Å². The molecule has 1 fully saturated rings. The number of carbonyl (C=O) groups is 4. The van der Waals surface area contributed by atoms with E-state index < -0.39 is 34.7 Å². The van der Waals surface area contributed by atoms with E-state index in [0.717, 1.165) is 18.2 Å². The van der Waals surface area contributed by atoms with E-state index in [-0.39, 0.29) is 37.0 Å². The third kappa shape index (κ3) is 5.40. The van der Waals surface area contributed by atoms with Gasteiger partial charge in [0.05, 0.1) is 10.6 Å². The normalized spacial score (nSPS) is 18.1. The van der Waals surface area contributed by atoms with Crippen molar-refractivity contribution in [3.8, 4) is 0 Å². The molecule has 12 heteroatoms. The molecule has 5 amide bonds. The lowest BCUT2D eigenvalue weighted by atomic mass is 10.1. The van der Waals surface area contributed by atoms with Crippen LogP contribution in [0.4, 0.5) is 23.7 Å². The number of halogens is 4. The molecule has 0 aliphatic carbocycles. The van der Waals surface area contributed by atoms with Crippen molar-refractivity contribution in [2.24, 2.45) is 0 Å². The largest absolute Gasteiger partial charge is 0.417 e. The van der Waals surface area contributed by atoms with E-state index in [1.165, 1.54) is 4.90 Å². The number of hydrogen-bond acceptors (Lipinski definition) is 4. The summed E-state index contributed by atoms with van der Waals surface area (Å²) >= 11 is 5.66. The predicted molar refractivity (Wildman–Crippen MR) is 119 cm³/mol. The first kappa shape index (κ1) is 24.5. The molecule has 0 aromatic heterocycles. The third-order valence-electron chi connectivity index (χ3n) is 5.81. The van der Waals surface area contributed by atoms with Gasteiger partial charge in [-0.3, -0.25) is 19.7 Å². The first-order valence-corrected chi connectivity index (χ1v) is 11.1. The van der Waals surface area contributed by atoms with Crippen molar-refractivity contribution in [2.75, 3.05) is 5.32 Å². The van der Waals surface area contributed by atoms with Gasteiger partial charge in [0.25, 0.3) is 5.91 Å². The molecule has 4 rings (SSSR count). The highest BCUT2D eigenvalue weighted by Gasteiger charge is 2.38. The second-order valence-electron chi connectivity index (χ2n) is 8.25. The fraction of sp³-hybridized carbons (Fsp3) is 0.304. The lowest BCUT2D eigenvalue weighted by molar-refractivity contribution is -0.137. The van der Waals surface area contributed by atoms with Crippen LogP contribution in [0.5, 0.6) is 0 Å². The molecular weight excluding hydrogens is 489 g/mol. The van der Waals surface area contributed by atoms with Crippen molar-refractivity contribution in [3.05, 3.63) is 63.7 Å². The Morgan fingerprint density at radius 3 is 2.63 bits per heavy atom. The van der Waals surface area contributed by atoms with Crippen LogP contribution in [0.15, 0.2) is 36.4 Å². The van der Waals surface area contributed by atoms with E-state index in [0.29, 0.717) is 29.5 Å². The monoisotopic (exact) mass is 508 g/mol. The molecule has 184 valence electrons. The summed E-state index contributed by atoms with van der Waals surface area (Å²) in [4.78, 5) is 50.4. The van der Waals surface area contributed by atoms with E-state index >= 15 is 0 Å². The summed E-state index contributed by atoms with van der Waals surface area (Å²) in [6, 6.07) is 6.52. The Hall–Kier alpha value is -3.60. The second-order valence-corrected chi connectivity index (χ2v) is 8.65. The number of nitrogens with one attached hydrogen (secondary N) is 3. The van der Waals surface area contributed by atoms with Gasteiger partial charge in [-0.05, 0) is 48.2 Å². The molecule has 0 saturated carbocycles. The summed E-state index contributed by atoms with van der Waals surface area (Å²) in [5.74, 6) is -1.15. The van der Waals surface area contributed by atoms with Crippen LogP contribution in [0, 0.1) is 0 Å². The second kappa shape index (κ2) is 9.57. The van der Waals surface area contributed by atoms with Gasteiger partial charge in [-0.1, -0.05) is 23.7 Å². The first-order valence-electron chi connectivity index (χ1n) is 10.7. The SMILES string of the molecule is O=C1CCC[C@H](N2Cc3cc(CNC(=O)Nc4ccc(C(F)(F)F)c(Cl)c4)ccc3C2=O)C(=O)N1. The highest BCUT2D eigenvalue weighted by molar-refractivity contribution is 6.31. The van der Waals surface area contributed by atoms with E-state index in [1.54, 1.807) is 18.2 Å². The summed E-state index contributed by atoms with van der Waals surface area (Å²) < 4.78 is 38.4. The summed E-state index contributed by atoms with van der Waals surface area (Å²) in [7, 11) is 0. The lowest BCUT2D eigenvalue weighted by Crippen LogP contribution is -2.46. The maximum Gasteiger partial charge on any atom is 0.417 e. The fourth-order valence-electron chi connectivity index (χ4n) is 4.11. The van der Waals surface area contributed by atoms with Crippen molar-refractivity contribution in [1.82, 2.24) is 15.5 Å². The molecule has 0 unspecified atom stereocenters. The molecule has 2 aliphatic rings. The summed E-state index contributed by atoms with van der Waals surface area (Å²) in [6.07, 6.45) is -3.48. The Labute approximate surface area is 202 Å². The standard InChI is InChI=1S/C23H20ClF3N4O4/c24-17-9-14(5-7-16(17)23(25,26)27)29-22(35)28-10-12-4-6-15-13(8-12)11-31(21(15)34)18-2-1-3-19(32)30-20(18)33/h4-9,18H,1-3,10-11H2,(H2,28,29,35)(H,30,32,33)/t18-/m0/s1. The fourth-order valence-corrected chi connectivity index (χ4v) is 4.39. The third-order valence-corrected chi connectivity index (χ3v) is 6.12. The van der Waals surface area contributed by atoms with Crippen molar-refractivity contribution in [2.45, 2.75) is 44.6 Å². The van der Waals surface area contributed by atoms with Gasteiger partial charge in [0, 0.05) is 30.8 Å². The Kier molecular flexibility index (Phi) is 6.70. The summed E-state index contributed by atoms with van der Waals surface area (Å²) in [6.45, 7) is 0.282. The number of fused-ring (bicyclic) bond motifs is 1. The molecular formula is C23H20ClF3N4O4. The minimum Gasteiger partial charge on any atom is -0.334 e. The number of rotatable bonds is 4. The Balaban J connectivity index is 1.37. The molecule has 1 saturated heterocycles. The molecule has 1 atom stereocenters. The van der Waals surface area contributed by atoms with Crippen LogP contribution in [-0.2, 0) is 28.9 Å². The molecule has 2 aliphatic heterocycles. The predicted octanol–water partition coefficient (Wildman–Crippen LogP) is 3.83. The number of urea groups is 1. The van der Waals surface area contributed by atoms with Gasteiger partial charge < -0.3 is 15.5 Å². The Morgan fingerprint density at radius 1 is 1.14 bits per heavy atom. The maximum absolute atomic E-state index is 12.8. The molecule has 35 heavy (non-hydrogen) atoms. The van der Waals surface area contributed by atoms with E-state index in [9.17, 15) is 32.3 Å². The van der Waals surface area contributed by atoms with E-state index in [2.05, 4.69) is 16.0 Å². The zero-order valence-electron chi connectivity index (χ0n) is 18.2. The van der Waals surface area contributed by atoms with Gasteiger partial charge in [-0.15, -0.1) is 0 Å². The van der Waals surface area contributed by atoms with Crippen molar-refractivity contribution < 1.29 is 32.3 Å². The molecule has 2 aromatic carbocycles. The zero-order valence-corrected chi connectivity index (χ0v) is 18.9. The number of hydrogen-bond donors (Lipinski definition) is 3. The number of anilines is 1. The number of alkyl halides is 3. The average Bonchev–Trinajstić information content (AvgIpc) is 2.99. The number of carbonyl (C=O) groups excluding carboxylic acids is 4. The van der Waals surface area contributed by atoms with Crippen molar-refractivity contribution in [1.29, 1.82) is 0 Å². The van der Waals surface area contributed by atoms with Gasteiger partial charge in [-0.2, -0.15) is 13.2 Å². The van der Waals surface area contributed by atoms with Crippen molar-refractivity contribution in [3.63, 3.8) is 0 Å². The minimum atomic E-state index is -4.60. The smallest absolute Gasteiger partial charge is 0.334 e. The molecule has 0 radical (unpaired) electrons. The maximum atomic E-state index is 12.8. The average molecular weight is 509 g/mol. The molecule has 8 nitrogen and oxygen atoms in total. The van der Waals surface area contributed by atoms with Gasteiger partial charge in [0.1, 0.15) is 6.04 Å². The van der Waals surface area contributed by atoms with E-state index in [4.69, 9.17) is 11.6 Å². The zero-order chi connectivity index (χ0) is 25.3. The summed E-state index contributed by atoms with van der Waals surface area (Å²) in [5.41, 5.74) is 0.906. The minimum absolute atomic E-state index is 0.0834. The summed E-state index contributed by atoms with van der Waals surface area (Å²) in [5, 5.41) is 6.78. The number of nitrogens with zero attached hydrogens (tertiary/aromatic N) is 1. The quantitative estimate of drug-likeness (QED) is 0.545. The number of benzene rings is 2. The lowest BCUT2D eigenvalue weighted by Gasteiger charge is -2.24. The molecule has 2 aromatic rings.